The Kier molecular flexibility index (Phi) is 6.46. The Morgan fingerprint density at radius 3 is 2.72 bits per heavy atom. The number of nitrogens with zero attached hydrogens (tertiary/aromatic N) is 4. The minimum absolute atomic E-state index is 0.0436. The molecule has 2 heterocycles. The number of aromatic amines is 1. The van der Waals surface area contributed by atoms with Crippen molar-refractivity contribution in [2.24, 2.45) is 0 Å². The quantitative estimate of drug-likeness (QED) is 0.327. The van der Waals surface area contributed by atoms with Crippen LogP contribution in [0.1, 0.15) is 49.9 Å². The number of rotatable bonds is 8. The first kappa shape index (κ1) is 23.9. The molecule has 0 amide bonds. The van der Waals surface area contributed by atoms with E-state index in [1.807, 2.05) is 6.92 Å². The van der Waals surface area contributed by atoms with E-state index in [4.69, 9.17) is 4.74 Å². The Morgan fingerprint density at radius 1 is 1.17 bits per heavy atom. The number of aliphatic hydroxyl groups is 1. The van der Waals surface area contributed by atoms with Gasteiger partial charge >= 0.3 is 0 Å². The zero-order valence-corrected chi connectivity index (χ0v) is 20.5. The fourth-order valence-electron chi connectivity index (χ4n) is 4.47. The van der Waals surface area contributed by atoms with E-state index in [1.165, 1.54) is 22.7 Å². The Bertz CT molecular complexity index is 1570. The summed E-state index contributed by atoms with van der Waals surface area (Å²) in [6.07, 6.45) is 4.06. The van der Waals surface area contributed by atoms with E-state index in [1.54, 1.807) is 24.3 Å². The second-order valence-corrected chi connectivity index (χ2v) is 10.3. The molecule has 11 nitrogen and oxygen atoms in total. The predicted octanol–water partition coefficient (Wildman–Crippen LogP) is 2.83. The smallest absolute Gasteiger partial charge is 0.296 e. The van der Waals surface area contributed by atoms with Crippen LogP contribution in [0.2, 0.25) is 0 Å². The van der Waals surface area contributed by atoms with Crippen LogP contribution < -0.4 is 15.0 Å². The molecule has 0 unspecified atom stereocenters. The van der Waals surface area contributed by atoms with Crippen LogP contribution in [0.3, 0.4) is 0 Å². The number of hydrogen-bond donors (Lipinski definition) is 3. The van der Waals surface area contributed by atoms with Crippen molar-refractivity contribution in [2.75, 3.05) is 11.3 Å². The van der Waals surface area contributed by atoms with Gasteiger partial charge < -0.3 is 14.8 Å². The summed E-state index contributed by atoms with van der Waals surface area (Å²) in [5.41, 5.74) is 0.813. The molecular weight excluding hydrogens is 484 g/mol. The van der Waals surface area contributed by atoms with E-state index in [2.05, 4.69) is 25.0 Å². The SMILES string of the molecule is CCOc1ccc(S(=O)(=O)Nc2cccc(CO)c2)cc1-c1nn2c(C3CCCC3)nnc2c(=O)[nH]1. The summed E-state index contributed by atoms with van der Waals surface area (Å²) in [4.78, 5) is 15.5. The fraction of sp³-hybridized carbons (Fsp3) is 0.333. The van der Waals surface area contributed by atoms with Crippen LogP contribution in [-0.2, 0) is 16.6 Å². The molecular formula is C24H26N6O5S. The third-order valence-corrected chi connectivity index (χ3v) is 7.58. The normalized spacial score (nSPS) is 14.4. The molecule has 0 bridgehead atoms. The number of anilines is 1. The highest BCUT2D eigenvalue weighted by Crippen LogP contribution is 2.34. The third kappa shape index (κ3) is 4.56. The van der Waals surface area contributed by atoms with Gasteiger partial charge in [-0.05, 0) is 55.7 Å². The van der Waals surface area contributed by atoms with Gasteiger partial charge in [0.25, 0.3) is 15.6 Å². The van der Waals surface area contributed by atoms with Gasteiger partial charge in [-0.1, -0.05) is 25.0 Å². The minimum Gasteiger partial charge on any atom is -0.493 e. The number of H-pyrrole nitrogens is 1. The lowest BCUT2D eigenvalue weighted by atomic mass is 10.1. The maximum Gasteiger partial charge on any atom is 0.296 e. The van der Waals surface area contributed by atoms with Gasteiger partial charge in [0.1, 0.15) is 5.75 Å². The molecule has 0 spiro atoms. The van der Waals surface area contributed by atoms with Crippen LogP contribution in [0.4, 0.5) is 5.69 Å². The molecule has 0 aliphatic heterocycles. The number of aromatic nitrogens is 5. The summed E-state index contributed by atoms with van der Waals surface area (Å²) >= 11 is 0. The second-order valence-electron chi connectivity index (χ2n) is 8.63. The molecule has 1 aliphatic rings. The van der Waals surface area contributed by atoms with Crippen molar-refractivity contribution in [1.29, 1.82) is 0 Å². The van der Waals surface area contributed by atoms with Crippen LogP contribution in [0, 0.1) is 0 Å². The summed E-state index contributed by atoms with van der Waals surface area (Å²) in [5.74, 6) is 1.31. The highest BCUT2D eigenvalue weighted by molar-refractivity contribution is 7.92. The lowest BCUT2D eigenvalue weighted by Gasteiger charge is -2.14. The lowest BCUT2D eigenvalue weighted by molar-refractivity contribution is 0.282. The van der Waals surface area contributed by atoms with Gasteiger partial charge in [-0.25, -0.2) is 8.42 Å². The highest BCUT2D eigenvalue weighted by atomic mass is 32.2. The van der Waals surface area contributed by atoms with E-state index in [9.17, 15) is 18.3 Å². The molecule has 2 aromatic carbocycles. The maximum absolute atomic E-state index is 13.2. The molecule has 1 aliphatic carbocycles. The number of nitrogens with one attached hydrogen (secondary N) is 2. The van der Waals surface area contributed by atoms with Crippen molar-refractivity contribution in [3.8, 4) is 17.1 Å². The largest absolute Gasteiger partial charge is 0.493 e. The summed E-state index contributed by atoms with van der Waals surface area (Å²) < 4.78 is 36.1. The van der Waals surface area contributed by atoms with Crippen LogP contribution in [0.15, 0.2) is 52.2 Å². The van der Waals surface area contributed by atoms with E-state index in [0.29, 0.717) is 35.0 Å². The summed E-state index contributed by atoms with van der Waals surface area (Å²) in [7, 11) is -4.00. The molecule has 4 aromatic rings. The third-order valence-electron chi connectivity index (χ3n) is 6.20. The summed E-state index contributed by atoms with van der Waals surface area (Å²) in [5, 5.41) is 22.2. The highest BCUT2D eigenvalue weighted by Gasteiger charge is 2.25. The van der Waals surface area contributed by atoms with Gasteiger partial charge in [-0.3, -0.25) is 9.52 Å². The Labute approximate surface area is 207 Å². The molecule has 1 saturated carbocycles. The second kappa shape index (κ2) is 9.70. The van der Waals surface area contributed by atoms with Crippen molar-refractivity contribution in [2.45, 2.75) is 50.0 Å². The zero-order chi connectivity index (χ0) is 25.3. The van der Waals surface area contributed by atoms with Gasteiger partial charge in [0.2, 0.25) is 5.65 Å². The van der Waals surface area contributed by atoms with Crippen LogP contribution in [0.25, 0.3) is 17.0 Å². The van der Waals surface area contributed by atoms with Crippen LogP contribution in [0.5, 0.6) is 5.75 Å². The topological polar surface area (TPSA) is 152 Å². The molecule has 36 heavy (non-hydrogen) atoms. The molecule has 1 fully saturated rings. The van der Waals surface area contributed by atoms with Gasteiger partial charge in [0, 0.05) is 11.6 Å². The van der Waals surface area contributed by atoms with E-state index in [-0.39, 0.29) is 28.9 Å². The van der Waals surface area contributed by atoms with Crippen molar-refractivity contribution >= 4 is 21.4 Å². The van der Waals surface area contributed by atoms with E-state index < -0.39 is 15.6 Å². The zero-order valence-electron chi connectivity index (χ0n) is 19.6. The Balaban J connectivity index is 1.59. The van der Waals surface area contributed by atoms with Gasteiger partial charge in [-0.2, -0.15) is 4.52 Å². The summed E-state index contributed by atoms with van der Waals surface area (Å²) in [6, 6.07) is 10.9. The number of fused-ring (bicyclic) bond motifs is 1. The molecule has 3 N–H and O–H groups in total. The summed E-state index contributed by atoms with van der Waals surface area (Å²) in [6.45, 7) is 1.93. The Morgan fingerprint density at radius 2 is 1.97 bits per heavy atom. The molecule has 188 valence electrons. The molecule has 0 saturated heterocycles. The molecule has 12 heteroatoms. The molecule has 0 radical (unpaired) electrons. The number of ether oxygens (including phenoxy) is 1. The number of hydrogen-bond acceptors (Lipinski definition) is 8. The van der Waals surface area contributed by atoms with Gasteiger partial charge in [-0.15, -0.1) is 15.3 Å². The van der Waals surface area contributed by atoms with Crippen molar-refractivity contribution < 1.29 is 18.3 Å². The molecule has 0 atom stereocenters. The number of sulfonamides is 1. The average molecular weight is 511 g/mol. The van der Waals surface area contributed by atoms with Crippen molar-refractivity contribution in [3.63, 3.8) is 0 Å². The maximum atomic E-state index is 13.2. The van der Waals surface area contributed by atoms with Crippen LogP contribution in [-0.4, -0.2) is 44.9 Å². The predicted molar refractivity (Wildman–Crippen MR) is 132 cm³/mol. The first-order valence-corrected chi connectivity index (χ1v) is 13.2. The fourth-order valence-corrected chi connectivity index (χ4v) is 5.55. The number of benzene rings is 2. The van der Waals surface area contributed by atoms with E-state index >= 15 is 0 Å². The standard InChI is InChI=1S/C24H26N6O5S/c1-2-35-20-11-10-18(36(33,34)29-17-9-5-6-15(12-17)14-31)13-19(20)21-25-24(32)23-27-26-22(30(23)28-21)16-7-3-4-8-16/h5-6,9-13,16,29,31H,2-4,7-8,14H2,1H3,(H,25,28,32). The Hall–Kier alpha value is -3.77. The first-order chi connectivity index (χ1) is 17.4. The van der Waals surface area contributed by atoms with Crippen molar-refractivity contribution in [1.82, 2.24) is 24.8 Å². The van der Waals surface area contributed by atoms with Crippen molar-refractivity contribution in [3.05, 3.63) is 64.2 Å². The minimum atomic E-state index is -4.00. The van der Waals surface area contributed by atoms with Crippen LogP contribution >= 0.6 is 0 Å². The lowest BCUT2D eigenvalue weighted by Crippen LogP contribution is -2.17. The van der Waals surface area contributed by atoms with Gasteiger partial charge in [0.15, 0.2) is 11.6 Å². The number of aliphatic hydroxyl groups excluding tert-OH is 1. The van der Waals surface area contributed by atoms with E-state index in [0.717, 1.165) is 25.7 Å². The monoisotopic (exact) mass is 510 g/mol. The first-order valence-electron chi connectivity index (χ1n) is 11.7. The van der Waals surface area contributed by atoms with Gasteiger partial charge in [0.05, 0.1) is 23.7 Å². The molecule has 5 rings (SSSR count). The average Bonchev–Trinajstić information content (AvgIpc) is 3.54. The molecule has 2 aromatic heterocycles.